The lowest BCUT2D eigenvalue weighted by atomic mass is 10.1. The van der Waals surface area contributed by atoms with Gasteiger partial charge in [0.1, 0.15) is 0 Å². The van der Waals surface area contributed by atoms with Crippen LogP contribution in [-0.2, 0) is 11.3 Å². The molecule has 0 aromatic carbocycles. The van der Waals surface area contributed by atoms with Crippen molar-refractivity contribution in [3.05, 3.63) is 36.2 Å². The number of likely N-dealkylation sites (tertiary alicyclic amines) is 1. The van der Waals surface area contributed by atoms with E-state index < -0.39 is 0 Å². The molecule has 24 heavy (non-hydrogen) atoms. The summed E-state index contributed by atoms with van der Waals surface area (Å²) in [5.74, 6) is 1.25. The van der Waals surface area contributed by atoms with E-state index in [9.17, 15) is 4.79 Å². The molecule has 1 saturated heterocycles. The molecule has 8 heteroatoms. The molecular weight excluding hydrogens is 308 g/mol. The molecule has 0 radical (unpaired) electrons. The highest BCUT2D eigenvalue weighted by atomic mass is 16.5. The second kappa shape index (κ2) is 7.98. The number of hydrogen-bond acceptors (Lipinski definition) is 7. The molecule has 0 saturated carbocycles. The lowest BCUT2D eigenvalue weighted by Crippen LogP contribution is -2.47. The van der Waals surface area contributed by atoms with Gasteiger partial charge in [0.25, 0.3) is 0 Å². The highest BCUT2D eigenvalue weighted by molar-refractivity contribution is 5.92. The average Bonchev–Trinajstić information content (AvgIpc) is 2.99. The van der Waals surface area contributed by atoms with E-state index in [0.717, 1.165) is 31.6 Å². The Kier molecular flexibility index (Phi) is 5.50. The second-order valence-electron chi connectivity index (χ2n) is 5.97. The maximum atomic E-state index is 12.0. The van der Waals surface area contributed by atoms with Crippen LogP contribution in [0.1, 0.15) is 24.6 Å². The van der Waals surface area contributed by atoms with Crippen molar-refractivity contribution < 1.29 is 9.32 Å². The van der Waals surface area contributed by atoms with Crippen LogP contribution < -0.4 is 10.6 Å². The van der Waals surface area contributed by atoms with Crippen molar-refractivity contribution in [2.45, 2.75) is 32.4 Å². The number of piperidine rings is 1. The summed E-state index contributed by atoms with van der Waals surface area (Å²) in [5.41, 5.74) is 0.759. The molecule has 0 spiro atoms. The summed E-state index contributed by atoms with van der Waals surface area (Å²) in [6, 6.07) is 3.83. The summed E-state index contributed by atoms with van der Waals surface area (Å²) >= 11 is 0. The summed E-state index contributed by atoms with van der Waals surface area (Å²) in [6.07, 6.45) is 5.45. The number of hydrogen-bond donors (Lipinski definition) is 2. The van der Waals surface area contributed by atoms with Gasteiger partial charge in [-0.15, -0.1) is 0 Å². The third-order valence-corrected chi connectivity index (χ3v) is 3.96. The third-order valence-electron chi connectivity index (χ3n) is 3.96. The number of anilines is 1. The minimum atomic E-state index is -0.0490. The van der Waals surface area contributed by atoms with Crippen molar-refractivity contribution in [2.24, 2.45) is 0 Å². The predicted octanol–water partition coefficient (Wildman–Crippen LogP) is 0.966. The van der Waals surface area contributed by atoms with Crippen molar-refractivity contribution in [3.8, 4) is 0 Å². The van der Waals surface area contributed by atoms with Crippen molar-refractivity contribution in [2.75, 3.05) is 25.0 Å². The fraction of sp³-hybridized carbons (Fsp3) is 0.500. The Morgan fingerprint density at radius 3 is 3.00 bits per heavy atom. The SMILES string of the molecule is Cc1nc(CN2CCC[C@H](NCC(=O)Nc3ccncc3)C2)no1. The number of nitrogens with zero attached hydrogens (tertiary/aromatic N) is 4. The molecule has 3 rings (SSSR count). The standard InChI is InChI=1S/C16H22N6O2/c1-12-19-15(21-24-12)11-22-8-2-3-14(10-22)18-9-16(23)20-13-4-6-17-7-5-13/h4-7,14,18H,2-3,8-11H2,1H3,(H,17,20,23)/t14-/m0/s1. The third kappa shape index (κ3) is 4.84. The van der Waals surface area contributed by atoms with Gasteiger partial charge < -0.3 is 15.2 Å². The summed E-state index contributed by atoms with van der Waals surface area (Å²) in [6.45, 7) is 4.64. The van der Waals surface area contributed by atoms with Gasteiger partial charge in [-0.2, -0.15) is 4.98 Å². The monoisotopic (exact) mass is 330 g/mol. The molecular formula is C16H22N6O2. The number of rotatable bonds is 6. The molecule has 1 atom stereocenters. The first-order valence-corrected chi connectivity index (χ1v) is 8.14. The Morgan fingerprint density at radius 2 is 2.25 bits per heavy atom. The number of pyridine rings is 1. The Bertz CT molecular complexity index is 660. The molecule has 8 nitrogen and oxygen atoms in total. The minimum Gasteiger partial charge on any atom is -0.340 e. The molecule has 1 amide bonds. The van der Waals surface area contributed by atoms with E-state index >= 15 is 0 Å². The largest absolute Gasteiger partial charge is 0.340 e. The zero-order valence-electron chi connectivity index (χ0n) is 13.7. The van der Waals surface area contributed by atoms with Gasteiger partial charge in [-0.1, -0.05) is 5.16 Å². The molecule has 2 N–H and O–H groups in total. The molecule has 0 unspecified atom stereocenters. The van der Waals surface area contributed by atoms with E-state index in [1.54, 1.807) is 31.5 Å². The first kappa shape index (κ1) is 16.5. The van der Waals surface area contributed by atoms with Crippen LogP contribution in [0.15, 0.2) is 29.0 Å². The fourth-order valence-corrected chi connectivity index (χ4v) is 2.85. The first-order valence-electron chi connectivity index (χ1n) is 8.14. The molecule has 1 fully saturated rings. The normalized spacial score (nSPS) is 18.5. The number of amides is 1. The highest BCUT2D eigenvalue weighted by Crippen LogP contribution is 2.12. The van der Waals surface area contributed by atoms with Crippen LogP contribution >= 0.6 is 0 Å². The van der Waals surface area contributed by atoms with Crippen LogP contribution in [0, 0.1) is 6.92 Å². The van der Waals surface area contributed by atoms with Crippen LogP contribution in [0.5, 0.6) is 0 Å². The van der Waals surface area contributed by atoms with Crippen molar-refractivity contribution in [1.82, 2.24) is 25.3 Å². The molecule has 0 aliphatic carbocycles. The summed E-state index contributed by atoms with van der Waals surface area (Å²) < 4.78 is 5.01. The summed E-state index contributed by atoms with van der Waals surface area (Å²) in [5, 5.41) is 10.1. The van der Waals surface area contributed by atoms with Crippen LogP contribution in [-0.4, -0.2) is 51.6 Å². The first-order chi connectivity index (χ1) is 11.7. The number of aryl methyl sites for hydroxylation is 1. The highest BCUT2D eigenvalue weighted by Gasteiger charge is 2.21. The number of aromatic nitrogens is 3. The number of carbonyl (C=O) groups is 1. The van der Waals surface area contributed by atoms with Crippen molar-refractivity contribution >= 4 is 11.6 Å². The zero-order chi connectivity index (χ0) is 16.8. The van der Waals surface area contributed by atoms with E-state index in [1.807, 2.05) is 0 Å². The average molecular weight is 330 g/mol. The lowest BCUT2D eigenvalue weighted by molar-refractivity contribution is -0.115. The van der Waals surface area contributed by atoms with E-state index in [0.29, 0.717) is 24.8 Å². The molecule has 2 aromatic rings. The number of carbonyl (C=O) groups excluding carboxylic acids is 1. The summed E-state index contributed by atoms with van der Waals surface area (Å²) in [7, 11) is 0. The van der Waals surface area contributed by atoms with Gasteiger partial charge in [-0.05, 0) is 31.5 Å². The topological polar surface area (TPSA) is 96.2 Å². The van der Waals surface area contributed by atoms with Gasteiger partial charge in [0, 0.05) is 37.6 Å². The van der Waals surface area contributed by atoms with E-state index in [2.05, 4.69) is 30.7 Å². The quantitative estimate of drug-likeness (QED) is 0.814. The van der Waals surface area contributed by atoms with Crippen molar-refractivity contribution in [1.29, 1.82) is 0 Å². The van der Waals surface area contributed by atoms with E-state index in [1.165, 1.54) is 0 Å². The number of nitrogens with one attached hydrogen (secondary N) is 2. The van der Waals surface area contributed by atoms with Gasteiger partial charge in [0.05, 0.1) is 13.1 Å². The Hall–Kier alpha value is -2.32. The van der Waals surface area contributed by atoms with Gasteiger partial charge in [0.2, 0.25) is 11.8 Å². The second-order valence-corrected chi connectivity index (χ2v) is 5.97. The van der Waals surface area contributed by atoms with E-state index in [4.69, 9.17) is 4.52 Å². The maximum absolute atomic E-state index is 12.0. The van der Waals surface area contributed by atoms with Gasteiger partial charge in [0.15, 0.2) is 5.82 Å². The van der Waals surface area contributed by atoms with Crippen LogP contribution in [0.25, 0.3) is 0 Å². The van der Waals surface area contributed by atoms with Gasteiger partial charge >= 0.3 is 0 Å². The fourth-order valence-electron chi connectivity index (χ4n) is 2.85. The maximum Gasteiger partial charge on any atom is 0.238 e. The van der Waals surface area contributed by atoms with Crippen LogP contribution in [0.3, 0.4) is 0 Å². The van der Waals surface area contributed by atoms with Gasteiger partial charge in [-0.25, -0.2) is 0 Å². The lowest BCUT2D eigenvalue weighted by Gasteiger charge is -2.32. The molecule has 1 aliphatic heterocycles. The molecule has 128 valence electrons. The predicted molar refractivity (Wildman–Crippen MR) is 88.2 cm³/mol. The molecule has 2 aromatic heterocycles. The Balaban J connectivity index is 1.42. The molecule has 3 heterocycles. The van der Waals surface area contributed by atoms with E-state index in [-0.39, 0.29) is 11.9 Å². The molecule has 0 bridgehead atoms. The summed E-state index contributed by atoms with van der Waals surface area (Å²) in [4.78, 5) is 22.4. The van der Waals surface area contributed by atoms with Gasteiger partial charge in [-0.3, -0.25) is 14.7 Å². The van der Waals surface area contributed by atoms with Crippen LogP contribution in [0.4, 0.5) is 5.69 Å². The Morgan fingerprint density at radius 1 is 1.42 bits per heavy atom. The Labute approximate surface area is 140 Å². The molecule has 1 aliphatic rings. The van der Waals surface area contributed by atoms with Crippen LogP contribution in [0.2, 0.25) is 0 Å². The van der Waals surface area contributed by atoms with Crippen molar-refractivity contribution in [3.63, 3.8) is 0 Å². The smallest absolute Gasteiger partial charge is 0.238 e. The minimum absolute atomic E-state index is 0.0490. The zero-order valence-corrected chi connectivity index (χ0v) is 13.7.